The van der Waals surface area contributed by atoms with E-state index in [1.54, 1.807) is 6.92 Å². The van der Waals surface area contributed by atoms with Gasteiger partial charge < -0.3 is 15.4 Å². The summed E-state index contributed by atoms with van der Waals surface area (Å²) < 4.78 is 4.88. The van der Waals surface area contributed by atoms with E-state index in [9.17, 15) is 14.4 Å². The number of likely N-dealkylation sites (N-methyl/N-ethyl adjacent to an activating group) is 1. The summed E-state index contributed by atoms with van der Waals surface area (Å²) in [4.78, 5) is 34.9. The van der Waals surface area contributed by atoms with Crippen molar-refractivity contribution in [3.63, 3.8) is 0 Å². The first-order chi connectivity index (χ1) is 10.3. The van der Waals surface area contributed by atoms with Gasteiger partial charge in [-0.3, -0.25) is 14.4 Å². The third kappa shape index (κ3) is 5.54. The van der Waals surface area contributed by atoms with E-state index in [2.05, 4.69) is 10.6 Å². The lowest BCUT2D eigenvalue weighted by atomic mass is 10.2. The minimum atomic E-state index is -0.927. The molecule has 2 N–H and O–H groups in total. The maximum absolute atomic E-state index is 11.9. The number of carbonyl (C=O) groups is 3. The van der Waals surface area contributed by atoms with E-state index in [-0.39, 0.29) is 17.1 Å². The van der Waals surface area contributed by atoms with Crippen molar-refractivity contribution in [3.8, 4) is 0 Å². The van der Waals surface area contributed by atoms with Crippen molar-refractivity contribution < 1.29 is 19.1 Å². The van der Waals surface area contributed by atoms with Crippen molar-refractivity contribution in [1.82, 2.24) is 10.6 Å². The maximum Gasteiger partial charge on any atom is 0.326 e. The Morgan fingerprint density at radius 3 is 2.50 bits per heavy atom. The molecule has 0 saturated carbocycles. The minimum absolute atomic E-state index is 0.175. The average molecular weight is 347 g/mol. The van der Waals surface area contributed by atoms with Gasteiger partial charge in [-0.1, -0.05) is 23.2 Å². The van der Waals surface area contributed by atoms with Crippen molar-refractivity contribution in [2.75, 3.05) is 13.1 Å². The van der Waals surface area contributed by atoms with Crippen LogP contribution in [0.3, 0.4) is 0 Å². The van der Waals surface area contributed by atoms with Crippen LogP contribution in [0, 0.1) is 0 Å². The summed E-state index contributed by atoms with van der Waals surface area (Å²) in [6.45, 7) is 3.26. The van der Waals surface area contributed by atoms with Gasteiger partial charge in [-0.2, -0.15) is 0 Å². The number of halogens is 2. The highest BCUT2D eigenvalue weighted by atomic mass is 35.5. The quantitative estimate of drug-likeness (QED) is 0.769. The molecule has 0 spiro atoms. The van der Waals surface area contributed by atoms with Gasteiger partial charge in [0.1, 0.15) is 6.54 Å². The summed E-state index contributed by atoms with van der Waals surface area (Å²) in [6.07, 6.45) is -0.927. The van der Waals surface area contributed by atoms with Crippen LogP contribution < -0.4 is 10.6 Å². The van der Waals surface area contributed by atoms with Crippen LogP contribution in [0.1, 0.15) is 24.2 Å². The molecular weight excluding hydrogens is 331 g/mol. The highest BCUT2D eigenvalue weighted by Crippen LogP contribution is 2.20. The Kier molecular flexibility index (Phi) is 7.14. The van der Waals surface area contributed by atoms with Gasteiger partial charge in [-0.25, -0.2) is 0 Å². The predicted molar refractivity (Wildman–Crippen MR) is 83.0 cm³/mol. The first kappa shape index (κ1) is 18.3. The van der Waals surface area contributed by atoms with Crippen LogP contribution >= 0.6 is 23.2 Å². The van der Waals surface area contributed by atoms with Gasteiger partial charge in [0, 0.05) is 11.6 Å². The molecule has 0 bridgehead atoms. The molecule has 0 heterocycles. The summed E-state index contributed by atoms with van der Waals surface area (Å²) in [5.41, 5.74) is 0.190. The third-order valence-electron chi connectivity index (χ3n) is 2.60. The molecule has 1 aromatic carbocycles. The molecular formula is C14H16Cl2N2O4. The van der Waals surface area contributed by atoms with E-state index in [1.807, 2.05) is 0 Å². The third-order valence-corrected chi connectivity index (χ3v) is 3.15. The first-order valence-electron chi connectivity index (χ1n) is 6.55. The van der Waals surface area contributed by atoms with E-state index < -0.39 is 23.9 Å². The van der Waals surface area contributed by atoms with Crippen LogP contribution in [-0.4, -0.2) is 37.0 Å². The van der Waals surface area contributed by atoms with Gasteiger partial charge in [0.15, 0.2) is 6.10 Å². The fourth-order valence-corrected chi connectivity index (χ4v) is 2.03. The normalized spacial score (nSPS) is 11.5. The van der Waals surface area contributed by atoms with E-state index in [0.29, 0.717) is 11.6 Å². The van der Waals surface area contributed by atoms with Gasteiger partial charge in [-0.05, 0) is 32.0 Å². The van der Waals surface area contributed by atoms with E-state index >= 15 is 0 Å². The molecule has 1 rings (SSSR count). The Hall–Kier alpha value is -1.79. The molecule has 1 atom stereocenters. The number of nitrogens with one attached hydrogen (secondary N) is 2. The number of hydrogen-bond donors (Lipinski definition) is 2. The average Bonchev–Trinajstić information content (AvgIpc) is 2.45. The Bertz CT molecular complexity index is 578. The van der Waals surface area contributed by atoms with Crippen molar-refractivity contribution in [1.29, 1.82) is 0 Å². The molecule has 6 nitrogen and oxygen atoms in total. The monoisotopic (exact) mass is 346 g/mol. The highest BCUT2D eigenvalue weighted by molar-refractivity contribution is 6.36. The van der Waals surface area contributed by atoms with E-state index in [0.717, 1.165) is 0 Å². The molecule has 22 heavy (non-hydrogen) atoms. The van der Waals surface area contributed by atoms with Crippen molar-refractivity contribution in [2.45, 2.75) is 20.0 Å². The number of carbonyl (C=O) groups excluding carboxylic acids is 3. The SMILES string of the molecule is CCNC(=O)[C@H](C)OC(=O)CNC(=O)c1ccc(Cl)cc1Cl. The molecule has 0 radical (unpaired) electrons. The lowest BCUT2D eigenvalue weighted by molar-refractivity contribution is -0.153. The van der Waals surface area contributed by atoms with Gasteiger partial charge in [0.2, 0.25) is 0 Å². The second-order valence-corrected chi connectivity index (χ2v) is 5.18. The summed E-state index contributed by atoms with van der Waals surface area (Å²) >= 11 is 11.6. The van der Waals surface area contributed by atoms with Crippen LogP contribution in [0.25, 0.3) is 0 Å². The fraction of sp³-hybridized carbons (Fsp3) is 0.357. The fourth-order valence-electron chi connectivity index (χ4n) is 1.53. The molecule has 0 fully saturated rings. The molecule has 0 saturated heterocycles. The van der Waals surface area contributed by atoms with Gasteiger partial charge in [0.25, 0.3) is 11.8 Å². The molecule has 1 aromatic rings. The number of rotatable bonds is 6. The van der Waals surface area contributed by atoms with Crippen molar-refractivity contribution in [2.24, 2.45) is 0 Å². The zero-order chi connectivity index (χ0) is 16.7. The molecule has 0 unspecified atom stereocenters. The summed E-state index contributed by atoms with van der Waals surface area (Å²) in [5, 5.41) is 5.46. The van der Waals surface area contributed by atoms with Crippen LogP contribution in [0.2, 0.25) is 10.0 Å². The van der Waals surface area contributed by atoms with Crippen LogP contribution in [0.4, 0.5) is 0 Å². The molecule has 8 heteroatoms. The summed E-state index contributed by atoms with van der Waals surface area (Å²) in [7, 11) is 0. The summed E-state index contributed by atoms with van der Waals surface area (Å²) in [5.74, 6) is -1.66. The van der Waals surface area contributed by atoms with Crippen LogP contribution in [-0.2, 0) is 14.3 Å². The lowest BCUT2D eigenvalue weighted by Gasteiger charge is -2.13. The molecule has 120 valence electrons. The molecule has 0 aliphatic heterocycles. The van der Waals surface area contributed by atoms with Gasteiger partial charge in [-0.15, -0.1) is 0 Å². The Morgan fingerprint density at radius 1 is 1.23 bits per heavy atom. The van der Waals surface area contributed by atoms with Crippen LogP contribution in [0.15, 0.2) is 18.2 Å². The Morgan fingerprint density at radius 2 is 1.91 bits per heavy atom. The largest absolute Gasteiger partial charge is 0.451 e. The smallest absolute Gasteiger partial charge is 0.326 e. The molecule has 0 aromatic heterocycles. The number of benzene rings is 1. The topological polar surface area (TPSA) is 84.5 Å². The van der Waals surface area contributed by atoms with E-state index in [4.69, 9.17) is 27.9 Å². The maximum atomic E-state index is 11.9. The van der Waals surface area contributed by atoms with Crippen molar-refractivity contribution in [3.05, 3.63) is 33.8 Å². The second kappa shape index (κ2) is 8.60. The number of amides is 2. The Balaban J connectivity index is 2.50. The predicted octanol–water partition coefficient (Wildman–Crippen LogP) is 1.79. The molecule has 0 aliphatic carbocycles. The minimum Gasteiger partial charge on any atom is -0.451 e. The zero-order valence-electron chi connectivity index (χ0n) is 12.1. The summed E-state index contributed by atoms with van der Waals surface area (Å²) in [6, 6.07) is 4.38. The second-order valence-electron chi connectivity index (χ2n) is 4.33. The van der Waals surface area contributed by atoms with E-state index in [1.165, 1.54) is 25.1 Å². The Labute approximate surface area is 138 Å². The molecule has 0 aliphatic rings. The number of hydrogen-bond acceptors (Lipinski definition) is 4. The number of esters is 1. The first-order valence-corrected chi connectivity index (χ1v) is 7.31. The highest BCUT2D eigenvalue weighted by Gasteiger charge is 2.18. The van der Waals surface area contributed by atoms with Gasteiger partial charge in [0.05, 0.1) is 10.6 Å². The van der Waals surface area contributed by atoms with Crippen molar-refractivity contribution >= 4 is 41.0 Å². The standard InChI is InChI=1S/C14H16Cl2N2O4/c1-3-17-13(20)8(2)22-12(19)7-18-14(21)10-5-4-9(15)6-11(10)16/h4-6,8H,3,7H2,1-2H3,(H,17,20)(H,18,21)/t8-/m0/s1. The van der Waals surface area contributed by atoms with Crippen LogP contribution in [0.5, 0.6) is 0 Å². The van der Waals surface area contributed by atoms with Gasteiger partial charge >= 0.3 is 5.97 Å². The molecule has 2 amide bonds. The lowest BCUT2D eigenvalue weighted by Crippen LogP contribution is -2.38. The number of ether oxygens (including phenoxy) is 1. The zero-order valence-corrected chi connectivity index (χ0v) is 13.6.